The number of likely N-dealkylation sites (N-methyl/N-ethyl adjacent to an activating group) is 1. The van der Waals surface area contributed by atoms with Crippen molar-refractivity contribution in [3.8, 4) is 0 Å². The highest BCUT2D eigenvalue weighted by Crippen LogP contribution is 2.26. The molecule has 1 aromatic carbocycles. The molecule has 0 unspecified atom stereocenters. The highest BCUT2D eigenvalue weighted by molar-refractivity contribution is 6.33. The molecule has 1 aliphatic rings. The molecule has 2 amide bonds. The molecule has 1 atom stereocenters. The number of anilines is 1. The van der Waals surface area contributed by atoms with Crippen LogP contribution in [0.5, 0.6) is 0 Å². The summed E-state index contributed by atoms with van der Waals surface area (Å²) in [4.78, 5) is 25.8. The van der Waals surface area contributed by atoms with Crippen LogP contribution in [0.2, 0.25) is 5.02 Å². The summed E-state index contributed by atoms with van der Waals surface area (Å²) in [5.41, 5.74) is 0.555. The molecule has 1 fully saturated rings. The maximum atomic E-state index is 12.2. The molecule has 0 heterocycles. The van der Waals surface area contributed by atoms with Crippen molar-refractivity contribution in [3.63, 3.8) is 0 Å². The number of benzene rings is 1. The average molecular weight is 366 g/mol. The van der Waals surface area contributed by atoms with Crippen molar-refractivity contribution in [3.05, 3.63) is 29.3 Å². The fourth-order valence-corrected chi connectivity index (χ4v) is 3.42. The molecule has 1 aliphatic carbocycles. The van der Waals surface area contributed by atoms with E-state index in [-0.39, 0.29) is 24.9 Å². The Morgan fingerprint density at radius 2 is 1.92 bits per heavy atom. The van der Waals surface area contributed by atoms with Crippen LogP contribution in [0.25, 0.3) is 0 Å². The summed E-state index contributed by atoms with van der Waals surface area (Å²) >= 11 is 6.02. The maximum Gasteiger partial charge on any atom is 0.244 e. The van der Waals surface area contributed by atoms with E-state index in [9.17, 15) is 9.59 Å². The third kappa shape index (κ3) is 6.33. The number of rotatable bonds is 7. The lowest BCUT2D eigenvalue weighted by Gasteiger charge is -2.28. The lowest BCUT2D eigenvalue weighted by atomic mass is 9.84. The number of hydrogen-bond donors (Lipinski definition) is 2. The van der Waals surface area contributed by atoms with Gasteiger partial charge in [-0.15, -0.1) is 0 Å². The summed E-state index contributed by atoms with van der Waals surface area (Å²) in [7, 11) is 1.64. The largest absolute Gasteiger partial charge is 0.335 e. The molecule has 2 rings (SSSR count). The SMILES string of the molecule is C[C@@H](NCC(=O)N(C)CC(=O)Nc1ccccc1Cl)C1CCCCC1. The Morgan fingerprint density at radius 1 is 1.24 bits per heavy atom. The van der Waals surface area contributed by atoms with Gasteiger partial charge in [0.1, 0.15) is 0 Å². The number of nitrogens with one attached hydrogen (secondary N) is 2. The van der Waals surface area contributed by atoms with Crippen LogP contribution in [0, 0.1) is 5.92 Å². The van der Waals surface area contributed by atoms with Gasteiger partial charge in [-0.2, -0.15) is 0 Å². The van der Waals surface area contributed by atoms with Crippen LogP contribution in [-0.4, -0.2) is 42.9 Å². The third-order valence-corrected chi connectivity index (χ3v) is 5.22. The number of carbonyl (C=O) groups excluding carboxylic acids is 2. The first-order chi connectivity index (χ1) is 12.0. The molecule has 2 N–H and O–H groups in total. The summed E-state index contributed by atoms with van der Waals surface area (Å²) in [6, 6.07) is 7.37. The summed E-state index contributed by atoms with van der Waals surface area (Å²) in [5, 5.41) is 6.53. The second-order valence-electron chi connectivity index (χ2n) is 6.85. The second kappa shape index (κ2) is 9.78. The first kappa shape index (κ1) is 19.7. The second-order valence-corrected chi connectivity index (χ2v) is 7.25. The van der Waals surface area contributed by atoms with Gasteiger partial charge in [-0.3, -0.25) is 9.59 Å². The van der Waals surface area contributed by atoms with Crippen LogP contribution in [-0.2, 0) is 9.59 Å². The smallest absolute Gasteiger partial charge is 0.244 e. The van der Waals surface area contributed by atoms with Crippen molar-refractivity contribution < 1.29 is 9.59 Å². The molecule has 1 saturated carbocycles. The van der Waals surface area contributed by atoms with Gasteiger partial charge in [-0.05, 0) is 37.8 Å². The van der Waals surface area contributed by atoms with Gasteiger partial charge in [0, 0.05) is 13.1 Å². The Morgan fingerprint density at radius 3 is 2.60 bits per heavy atom. The zero-order chi connectivity index (χ0) is 18.2. The first-order valence-electron chi connectivity index (χ1n) is 8.99. The van der Waals surface area contributed by atoms with Crippen molar-refractivity contribution in [2.75, 3.05) is 25.5 Å². The van der Waals surface area contributed by atoms with Gasteiger partial charge in [-0.1, -0.05) is 43.0 Å². The topological polar surface area (TPSA) is 61.4 Å². The van der Waals surface area contributed by atoms with Gasteiger partial charge in [0.2, 0.25) is 11.8 Å². The molecule has 0 spiro atoms. The first-order valence-corrected chi connectivity index (χ1v) is 9.37. The molecular weight excluding hydrogens is 338 g/mol. The standard InChI is InChI=1S/C19H28ClN3O2/c1-14(15-8-4-3-5-9-15)21-12-19(25)23(2)13-18(24)22-17-11-7-6-10-16(17)20/h6-7,10-11,14-15,21H,3-5,8-9,12-13H2,1-2H3,(H,22,24)/t14-/m1/s1. The third-order valence-electron chi connectivity index (χ3n) is 4.89. The van der Waals surface area contributed by atoms with Crippen molar-refractivity contribution in [1.29, 1.82) is 0 Å². The van der Waals surface area contributed by atoms with E-state index >= 15 is 0 Å². The molecule has 0 saturated heterocycles. The Labute approximate surface area is 155 Å². The van der Waals surface area contributed by atoms with Gasteiger partial charge in [0.15, 0.2) is 0 Å². The van der Waals surface area contributed by atoms with Crippen LogP contribution in [0.1, 0.15) is 39.0 Å². The summed E-state index contributed by atoms with van der Waals surface area (Å²) < 4.78 is 0. The zero-order valence-electron chi connectivity index (χ0n) is 15.1. The Balaban J connectivity index is 1.73. The van der Waals surface area contributed by atoms with Gasteiger partial charge < -0.3 is 15.5 Å². The molecule has 0 aliphatic heterocycles. The zero-order valence-corrected chi connectivity index (χ0v) is 15.8. The number of halogens is 1. The average Bonchev–Trinajstić information content (AvgIpc) is 2.62. The Hall–Kier alpha value is -1.59. The fourth-order valence-electron chi connectivity index (χ4n) is 3.24. The van der Waals surface area contributed by atoms with Crippen molar-refractivity contribution in [1.82, 2.24) is 10.2 Å². The molecule has 25 heavy (non-hydrogen) atoms. The monoisotopic (exact) mass is 365 g/mol. The van der Waals surface area contributed by atoms with E-state index in [1.54, 1.807) is 31.3 Å². The molecule has 5 nitrogen and oxygen atoms in total. The van der Waals surface area contributed by atoms with Gasteiger partial charge in [-0.25, -0.2) is 0 Å². The number of nitrogens with zero attached hydrogens (tertiary/aromatic N) is 1. The van der Waals surface area contributed by atoms with E-state index in [1.165, 1.54) is 37.0 Å². The lowest BCUT2D eigenvalue weighted by Crippen LogP contribution is -2.44. The molecule has 138 valence electrons. The van der Waals surface area contributed by atoms with Gasteiger partial charge in [0.25, 0.3) is 0 Å². The van der Waals surface area contributed by atoms with Crippen molar-refractivity contribution in [2.45, 2.75) is 45.1 Å². The molecule has 0 bridgehead atoms. The van der Waals surface area contributed by atoms with Crippen LogP contribution in [0.4, 0.5) is 5.69 Å². The predicted molar refractivity (Wildman–Crippen MR) is 102 cm³/mol. The predicted octanol–water partition coefficient (Wildman–Crippen LogP) is 3.30. The molecule has 0 radical (unpaired) electrons. The van der Waals surface area contributed by atoms with Crippen LogP contribution < -0.4 is 10.6 Å². The molecular formula is C19H28ClN3O2. The highest BCUT2D eigenvalue weighted by Gasteiger charge is 2.21. The minimum atomic E-state index is -0.260. The highest BCUT2D eigenvalue weighted by atomic mass is 35.5. The molecule has 6 heteroatoms. The van der Waals surface area contributed by atoms with Gasteiger partial charge in [0.05, 0.1) is 23.8 Å². The fraction of sp³-hybridized carbons (Fsp3) is 0.579. The van der Waals surface area contributed by atoms with E-state index in [0.29, 0.717) is 22.7 Å². The summed E-state index contributed by atoms with van der Waals surface area (Å²) in [6.07, 6.45) is 6.36. The Bertz CT molecular complexity index is 588. The normalized spacial score (nSPS) is 16.3. The van der Waals surface area contributed by atoms with E-state index < -0.39 is 0 Å². The maximum absolute atomic E-state index is 12.2. The van der Waals surface area contributed by atoms with E-state index in [0.717, 1.165) is 0 Å². The Kier molecular flexibility index (Phi) is 7.72. The minimum Gasteiger partial charge on any atom is -0.335 e. The van der Waals surface area contributed by atoms with E-state index in [1.807, 2.05) is 0 Å². The van der Waals surface area contributed by atoms with Crippen LogP contribution in [0.15, 0.2) is 24.3 Å². The molecule has 0 aromatic heterocycles. The quantitative estimate of drug-likeness (QED) is 0.779. The van der Waals surface area contributed by atoms with Crippen molar-refractivity contribution >= 4 is 29.1 Å². The number of hydrogen-bond acceptors (Lipinski definition) is 3. The van der Waals surface area contributed by atoms with Crippen LogP contribution in [0.3, 0.4) is 0 Å². The van der Waals surface area contributed by atoms with Crippen molar-refractivity contribution in [2.24, 2.45) is 5.92 Å². The number of para-hydroxylation sites is 1. The van der Waals surface area contributed by atoms with E-state index in [2.05, 4.69) is 17.6 Å². The van der Waals surface area contributed by atoms with Crippen LogP contribution >= 0.6 is 11.6 Å². The minimum absolute atomic E-state index is 0.00352. The number of amides is 2. The van der Waals surface area contributed by atoms with Gasteiger partial charge >= 0.3 is 0 Å². The number of carbonyl (C=O) groups is 2. The molecule has 1 aromatic rings. The van der Waals surface area contributed by atoms with E-state index in [4.69, 9.17) is 11.6 Å². The summed E-state index contributed by atoms with van der Waals surface area (Å²) in [5.74, 6) is 0.302. The summed E-state index contributed by atoms with van der Waals surface area (Å²) in [6.45, 7) is 2.41. The lowest BCUT2D eigenvalue weighted by molar-refractivity contribution is -0.132.